The zero-order chi connectivity index (χ0) is 7.28. The van der Waals surface area contributed by atoms with Gasteiger partial charge in [0, 0.05) is 7.11 Å². The fourth-order valence-electron chi connectivity index (χ4n) is 0.300. The largest absolute Gasteiger partial charge is 0.383 e. The summed E-state index contributed by atoms with van der Waals surface area (Å²) in [5.74, 6) is 5.29. The van der Waals surface area contributed by atoms with Crippen LogP contribution in [-0.4, -0.2) is 30.4 Å². The molecule has 0 unspecified atom stereocenters. The molecule has 0 spiro atoms. The van der Waals surface area contributed by atoms with Gasteiger partial charge >= 0.3 is 0 Å². The highest BCUT2D eigenvalue weighted by molar-refractivity contribution is 7.80. The zero-order valence-corrected chi connectivity index (χ0v) is 6.15. The second kappa shape index (κ2) is 4.49. The Bertz CT molecular complexity index is 97.8. The number of thiocarbonyl (C=S) groups is 1. The second-order valence-corrected chi connectivity index (χ2v) is 1.94. The maximum atomic E-state index is 5.29. The first-order valence-corrected chi connectivity index (χ1v) is 2.90. The van der Waals surface area contributed by atoms with E-state index in [1.165, 1.54) is 5.01 Å². The van der Waals surface area contributed by atoms with Gasteiger partial charge in [-0.2, -0.15) is 0 Å². The Balaban J connectivity index is 3.27. The van der Waals surface area contributed by atoms with E-state index < -0.39 is 0 Å². The Morgan fingerprint density at radius 1 is 1.78 bits per heavy atom. The normalized spacial score (nSPS) is 9.11. The van der Waals surface area contributed by atoms with Crippen molar-refractivity contribution in [3.63, 3.8) is 0 Å². The van der Waals surface area contributed by atoms with E-state index >= 15 is 0 Å². The molecular formula is C4H11N3OS. The minimum absolute atomic E-state index is 0.187. The van der Waals surface area contributed by atoms with Crippen LogP contribution in [0.5, 0.6) is 0 Å². The third-order valence-electron chi connectivity index (χ3n) is 0.819. The molecule has 0 aromatic rings. The number of hydrogen-bond acceptors (Lipinski definition) is 3. The van der Waals surface area contributed by atoms with E-state index in [1.807, 2.05) is 0 Å². The van der Waals surface area contributed by atoms with E-state index in [9.17, 15) is 0 Å². The third-order valence-corrected chi connectivity index (χ3v) is 1.05. The lowest BCUT2D eigenvalue weighted by Gasteiger charge is -2.14. The Kier molecular flexibility index (Phi) is 4.29. The van der Waals surface area contributed by atoms with E-state index in [-0.39, 0.29) is 5.11 Å². The molecule has 0 amide bonds. The van der Waals surface area contributed by atoms with Crippen molar-refractivity contribution in [2.75, 3.05) is 20.3 Å². The molecule has 0 saturated heterocycles. The Morgan fingerprint density at radius 2 is 2.33 bits per heavy atom. The molecule has 0 heterocycles. The summed E-state index contributed by atoms with van der Waals surface area (Å²) in [5.41, 5.74) is 5.15. The quantitative estimate of drug-likeness (QED) is 0.308. The van der Waals surface area contributed by atoms with Crippen LogP contribution in [0.4, 0.5) is 0 Å². The number of nitrogens with zero attached hydrogens (tertiary/aromatic N) is 1. The van der Waals surface area contributed by atoms with Crippen LogP contribution in [0, 0.1) is 0 Å². The molecule has 5 heteroatoms. The van der Waals surface area contributed by atoms with Crippen LogP contribution in [-0.2, 0) is 4.74 Å². The molecule has 0 aliphatic rings. The highest BCUT2D eigenvalue weighted by Gasteiger charge is 1.96. The molecule has 0 aromatic carbocycles. The van der Waals surface area contributed by atoms with E-state index in [4.69, 9.17) is 16.3 Å². The van der Waals surface area contributed by atoms with Crippen LogP contribution < -0.4 is 11.6 Å². The van der Waals surface area contributed by atoms with Crippen molar-refractivity contribution in [2.24, 2.45) is 11.6 Å². The molecule has 0 atom stereocenters. The van der Waals surface area contributed by atoms with E-state index in [0.29, 0.717) is 13.2 Å². The van der Waals surface area contributed by atoms with Crippen molar-refractivity contribution in [3.05, 3.63) is 0 Å². The Morgan fingerprint density at radius 3 is 2.67 bits per heavy atom. The number of nitrogens with two attached hydrogens (primary N) is 2. The van der Waals surface area contributed by atoms with Crippen molar-refractivity contribution < 1.29 is 4.74 Å². The summed E-state index contributed by atoms with van der Waals surface area (Å²) in [5, 5.41) is 1.45. The fraction of sp³-hybridized carbons (Fsp3) is 0.750. The molecular weight excluding hydrogens is 138 g/mol. The predicted molar refractivity (Wildman–Crippen MR) is 39.6 cm³/mol. The maximum absolute atomic E-state index is 5.29. The van der Waals surface area contributed by atoms with Crippen molar-refractivity contribution in [3.8, 4) is 0 Å². The number of hydrogen-bond donors (Lipinski definition) is 2. The van der Waals surface area contributed by atoms with Crippen LogP contribution in [0.15, 0.2) is 0 Å². The first-order chi connectivity index (χ1) is 4.18. The van der Waals surface area contributed by atoms with E-state index in [2.05, 4.69) is 12.2 Å². The molecule has 54 valence electrons. The van der Waals surface area contributed by atoms with Crippen molar-refractivity contribution >= 4 is 17.3 Å². The average molecular weight is 149 g/mol. The van der Waals surface area contributed by atoms with E-state index in [1.54, 1.807) is 7.11 Å². The van der Waals surface area contributed by atoms with Gasteiger partial charge in [-0.05, 0) is 12.2 Å². The Hall–Kier alpha value is -0.390. The number of ether oxygens (including phenoxy) is 1. The lowest BCUT2D eigenvalue weighted by atomic mass is 10.7. The summed E-state index contributed by atoms with van der Waals surface area (Å²) in [6.07, 6.45) is 0. The van der Waals surface area contributed by atoms with Gasteiger partial charge in [0.1, 0.15) is 0 Å². The SMILES string of the molecule is COCCN(N)C(N)=S. The minimum atomic E-state index is 0.187. The maximum Gasteiger partial charge on any atom is 0.180 e. The van der Waals surface area contributed by atoms with Crippen LogP contribution in [0.25, 0.3) is 0 Å². The standard InChI is InChI=1S/C4H11N3OS/c1-8-3-2-7(6)4(5)9/h2-3,6H2,1H3,(H2,5,9). The van der Waals surface area contributed by atoms with Crippen LogP contribution in [0.1, 0.15) is 0 Å². The highest BCUT2D eigenvalue weighted by atomic mass is 32.1. The smallest absolute Gasteiger partial charge is 0.180 e. The second-order valence-electron chi connectivity index (χ2n) is 1.52. The molecule has 9 heavy (non-hydrogen) atoms. The summed E-state index contributed by atoms with van der Waals surface area (Å²) in [6, 6.07) is 0. The molecule has 0 rings (SSSR count). The van der Waals surface area contributed by atoms with Crippen LogP contribution in [0.2, 0.25) is 0 Å². The number of methoxy groups -OCH3 is 1. The minimum Gasteiger partial charge on any atom is -0.383 e. The van der Waals surface area contributed by atoms with Gasteiger partial charge in [-0.1, -0.05) is 0 Å². The molecule has 0 radical (unpaired) electrons. The highest BCUT2D eigenvalue weighted by Crippen LogP contribution is 1.76. The fourth-order valence-corrected chi connectivity index (χ4v) is 0.391. The van der Waals surface area contributed by atoms with Gasteiger partial charge < -0.3 is 10.5 Å². The molecule has 0 saturated carbocycles. The molecule has 4 nitrogen and oxygen atoms in total. The molecule has 0 bridgehead atoms. The van der Waals surface area contributed by atoms with Crippen molar-refractivity contribution in [1.82, 2.24) is 5.01 Å². The summed E-state index contributed by atoms with van der Waals surface area (Å²) < 4.78 is 4.73. The molecule has 0 aliphatic carbocycles. The molecule has 0 aromatic heterocycles. The number of hydrazine groups is 1. The first-order valence-electron chi connectivity index (χ1n) is 2.49. The van der Waals surface area contributed by atoms with Gasteiger partial charge in [-0.3, -0.25) is 5.01 Å². The van der Waals surface area contributed by atoms with Crippen LogP contribution in [0.3, 0.4) is 0 Å². The summed E-state index contributed by atoms with van der Waals surface area (Å²) in [6.45, 7) is 1.07. The lowest BCUT2D eigenvalue weighted by molar-refractivity contribution is 0.177. The summed E-state index contributed by atoms with van der Waals surface area (Å²) in [7, 11) is 1.59. The van der Waals surface area contributed by atoms with Crippen molar-refractivity contribution in [1.29, 1.82) is 0 Å². The third kappa shape index (κ3) is 4.14. The van der Waals surface area contributed by atoms with Gasteiger partial charge in [-0.25, -0.2) is 5.84 Å². The lowest BCUT2D eigenvalue weighted by Crippen LogP contribution is -2.43. The van der Waals surface area contributed by atoms with Gasteiger partial charge in [-0.15, -0.1) is 0 Å². The molecule has 0 aliphatic heterocycles. The van der Waals surface area contributed by atoms with Gasteiger partial charge in [0.25, 0.3) is 0 Å². The Labute approximate surface area is 59.7 Å². The zero-order valence-electron chi connectivity index (χ0n) is 5.33. The summed E-state index contributed by atoms with van der Waals surface area (Å²) in [4.78, 5) is 0. The molecule has 0 fully saturated rings. The first kappa shape index (κ1) is 8.61. The van der Waals surface area contributed by atoms with Crippen LogP contribution >= 0.6 is 12.2 Å². The summed E-state index contributed by atoms with van der Waals surface area (Å²) >= 11 is 4.55. The van der Waals surface area contributed by atoms with Gasteiger partial charge in [0.15, 0.2) is 5.11 Å². The average Bonchev–Trinajstić information content (AvgIpc) is 1.82. The molecule has 4 N–H and O–H groups in total. The van der Waals surface area contributed by atoms with Gasteiger partial charge in [0.2, 0.25) is 0 Å². The van der Waals surface area contributed by atoms with Crippen molar-refractivity contribution in [2.45, 2.75) is 0 Å². The van der Waals surface area contributed by atoms with E-state index in [0.717, 1.165) is 0 Å². The topological polar surface area (TPSA) is 64.5 Å². The predicted octanol–water partition coefficient (Wildman–Crippen LogP) is -0.948. The monoisotopic (exact) mass is 149 g/mol. The number of rotatable bonds is 3. The van der Waals surface area contributed by atoms with Gasteiger partial charge in [0.05, 0.1) is 13.2 Å².